The molecular formula is C17H19F3N4O3. The van der Waals surface area contributed by atoms with Gasteiger partial charge in [-0.1, -0.05) is 5.16 Å². The van der Waals surface area contributed by atoms with Gasteiger partial charge in [-0.15, -0.1) is 0 Å². The van der Waals surface area contributed by atoms with E-state index in [9.17, 15) is 18.0 Å². The number of aliphatic carboxylic acids is 1. The zero-order chi connectivity index (χ0) is 19.6. The SMILES string of the molecule is CN(CC(=O)O)C1CCN(Cc2nc(-c3cc(F)c(F)c(F)c3)no2)CC1. The number of benzene rings is 1. The maximum Gasteiger partial charge on any atom is 0.317 e. The normalized spacial score (nSPS) is 16.2. The molecule has 27 heavy (non-hydrogen) atoms. The van der Waals surface area contributed by atoms with Crippen LogP contribution in [0.3, 0.4) is 0 Å². The predicted molar refractivity (Wildman–Crippen MR) is 88.2 cm³/mol. The standard InChI is InChI=1S/C17H19F3N4O3/c1-23(9-15(25)26)11-2-4-24(5-3-11)8-14-21-17(22-27-14)10-6-12(18)16(20)13(19)7-10/h6-7,11H,2-5,8-9H2,1H3,(H,25,26). The van der Waals surface area contributed by atoms with Crippen LogP contribution in [-0.2, 0) is 11.3 Å². The lowest BCUT2D eigenvalue weighted by Gasteiger charge is -2.35. The first-order chi connectivity index (χ1) is 12.8. The highest BCUT2D eigenvalue weighted by molar-refractivity contribution is 5.69. The van der Waals surface area contributed by atoms with Crippen LogP contribution < -0.4 is 0 Å². The number of carboxylic acids is 1. The number of likely N-dealkylation sites (tertiary alicyclic amines) is 1. The number of hydrogen-bond donors (Lipinski definition) is 1. The predicted octanol–water partition coefficient (Wildman–Crippen LogP) is 2.13. The van der Waals surface area contributed by atoms with Gasteiger partial charge in [0.15, 0.2) is 17.5 Å². The van der Waals surface area contributed by atoms with E-state index in [-0.39, 0.29) is 29.9 Å². The molecule has 0 radical (unpaired) electrons. The molecule has 146 valence electrons. The quantitative estimate of drug-likeness (QED) is 0.764. The molecule has 0 spiro atoms. The minimum Gasteiger partial charge on any atom is -0.480 e. The van der Waals surface area contributed by atoms with Gasteiger partial charge in [0.25, 0.3) is 0 Å². The van der Waals surface area contributed by atoms with Crippen molar-refractivity contribution in [1.29, 1.82) is 0 Å². The number of halogens is 3. The van der Waals surface area contributed by atoms with E-state index in [1.165, 1.54) is 0 Å². The van der Waals surface area contributed by atoms with Gasteiger partial charge in [0.2, 0.25) is 11.7 Å². The van der Waals surface area contributed by atoms with Crippen molar-refractivity contribution in [3.8, 4) is 11.4 Å². The van der Waals surface area contributed by atoms with E-state index < -0.39 is 23.4 Å². The van der Waals surface area contributed by atoms with Crippen LogP contribution in [0, 0.1) is 17.5 Å². The second-order valence-corrected chi connectivity index (χ2v) is 6.58. The molecule has 0 saturated carbocycles. The molecule has 0 bridgehead atoms. The first-order valence-electron chi connectivity index (χ1n) is 8.45. The molecule has 3 rings (SSSR count). The van der Waals surface area contributed by atoms with Crippen molar-refractivity contribution in [2.45, 2.75) is 25.4 Å². The number of hydrogen-bond acceptors (Lipinski definition) is 6. The molecule has 10 heteroatoms. The molecule has 7 nitrogen and oxygen atoms in total. The van der Waals surface area contributed by atoms with Crippen LogP contribution >= 0.6 is 0 Å². The third-order valence-electron chi connectivity index (χ3n) is 4.63. The molecule has 1 aliphatic heterocycles. The molecule has 1 saturated heterocycles. The number of aromatic nitrogens is 2. The summed E-state index contributed by atoms with van der Waals surface area (Å²) in [6.07, 6.45) is 1.61. The van der Waals surface area contributed by atoms with Gasteiger partial charge >= 0.3 is 5.97 Å². The molecule has 0 atom stereocenters. The van der Waals surface area contributed by atoms with Crippen LogP contribution in [-0.4, -0.2) is 63.7 Å². The van der Waals surface area contributed by atoms with Crippen molar-refractivity contribution in [2.75, 3.05) is 26.7 Å². The topological polar surface area (TPSA) is 82.7 Å². The van der Waals surface area contributed by atoms with Gasteiger partial charge in [-0.25, -0.2) is 13.2 Å². The number of rotatable bonds is 6. The Morgan fingerprint density at radius 1 is 1.30 bits per heavy atom. The van der Waals surface area contributed by atoms with E-state index in [1.807, 2.05) is 4.90 Å². The highest BCUT2D eigenvalue weighted by atomic mass is 19.2. The van der Waals surface area contributed by atoms with E-state index in [0.717, 1.165) is 38.1 Å². The lowest BCUT2D eigenvalue weighted by Crippen LogP contribution is -2.44. The second kappa shape index (κ2) is 8.05. The maximum atomic E-state index is 13.3. The van der Waals surface area contributed by atoms with E-state index in [4.69, 9.17) is 9.63 Å². The summed E-state index contributed by atoms with van der Waals surface area (Å²) in [5.74, 6) is -4.76. The summed E-state index contributed by atoms with van der Waals surface area (Å²) in [5, 5.41) is 12.6. The highest BCUT2D eigenvalue weighted by Crippen LogP contribution is 2.22. The summed E-state index contributed by atoms with van der Waals surface area (Å²) in [6.45, 7) is 1.83. The minimum absolute atomic E-state index is 0.00246. The fourth-order valence-corrected chi connectivity index (χ4v) is 3.17. The average Bonchev–Trinajstić information content (AvgIpc) is 3.08. The lowest BCUT2D eigenvalue weighted by atomic mass is 10.0. The molecular weight excluding hydrogens is 365 g/mol. The number of carboxylic acid groups (broad SMARTS) is 1. The Labute approximate surface area is 153 Å². The van der Waals surface area contributed by atoms with Crippen LogP contribution in [0.15, 0.2) is 16.7 Å². The maximum absolute atomic E-state index is 13.3. The highest BCUT2D eigenvalue weighted by Gasteiger charge is 2.25. The van der Waals surface area contributed by atoms with Gasteiger partial charge in [-0.2, -0.15) is 4.98 Å². The van der Waals surface area contributed by atoms with Crippen molar-refractivity contribution in [3.05, 3.63) is 35.5 Å². The third kappa shape index (κ3) is 4.64. The Morgan fingerprint density at radius 2 is 1.93 bits per heavy atom. The van der Waals surface area contributed by atoms with E-state index in [0.29, 0.717) is 6.54 Å². The Balaban J connectivity index is 1.58. The third-order valence-corrected chi connectivity index (χ3v) is 4.63. The van der Waals surface area contributed by atoms with E-state index in [2.05, 4.69) is 15.0 Å². The van der Waals surface area contributed by atoms with E-state index >= 15 is 0 Å². The number of likely N-dealkylation sites (N-methyl/N-ethyl adjacent to an activating group) is 1. The van der Waals surface area contributed by atoms with Crippen LogP contribution in [0.25, 0.3) is 11.4 Å². The lowest BCUT2D eigenvalue weighted by molar-refractivity contribution is -0.138. The van der Waals surface area contributed by atoms with Gasteiger partial charge < -0.3 is 9.63 Å². The van der Waals surface area contributed by atoms with Crippen LogP contribution in [0.4, 0.5) is 13.2 Å². The molecule has 0 aliphatic carbocycles. The fraction of sp³-hybridized carbons (Fsp3) is 0.471. The second-order valence-electron chi connectivity index (χ2n) is 6.58. The number of piperidine rings is 1. The van der Waals surface area contributed by atoms with Gasteiger partial charge in [-0.3, -0.25) is 14.6 Å². The Morgan fingerprint density at radius 3 is 2.52 bits per heavy atom. The summed E-state index contributed by atoms with van der Waals surface area (Å²) in [4.78, 5) is 18.8. The van der Waals surface area contributed by atoms with Gasteiger partial charge in [0, 0.05) is 24.7 Å². The molecule has 0 unspecified atom stereocenters. The van der Waals surface area contributed by atoms with Crippen LogP contribution in [0.1, 0.15) is 18.7 Å². The summed E-state index contributed by atoms with van der Waals surface area (Å²) < 4.78 is 44.8. The summed E-state index contributed by atoms with van der Waals surface area (Å²) in [6, 6.07) is 1.83. The van der Waals surface area contributed by atoms with Gasteiger partial charge in [-0.05, 0) is 32.0 Å². The molecule has 1 aromatic carbocycles. The molecule has 1 aliphatic rings. The summed E-state index contributed by atoms with van der Waals surface area (Å²) in [7, 11) is 1.79. The Bertz CT molecular complexity index is 799. The van der Waals surface area contributed by atoms with Crippen LogP contribution in [0.2, 0.25) is 0 Å². The molecule has 0 amide bonds. The number of nitrogens with zero attached hydrogens (tertiary/aromatic N) is 4. The first-order valence-corrected chi connectivity index (χ1v) is 8.45. The average molecular weight is 384 g/mol. The Hall–Kier alpha value is -2.46. The Kier molecular flexibility index (Phi) is 5.76. The monoisotopic (exact) mass is 384 g/mol. The van der Waals surface area contributed by atoms with Crippen molar-refractivity contribution in [3.63, 3.8) is 0 Å². The van der Waals surface area contributed by atoms with Crippen molar-refractivity contribution >= 4 is 5.97 Å². The van der Waals surface area contributed by atoms with Crippen LogP contribution in [0.5, 0.6) is 0 Å². The molecule has 2 aromatic rings. The fourth-order valence-electron chi connectivity index (χ4n) is 3.17. The molecule has 1 aromatic heterocycles. The molecule has 1 fully saturated rings. The smallest absolute Gasteiger partial charge is 0.317 e. The van der Waals surface area contributed by atoms with E-state index in [1.54, 1.807) is 7.05 Å². The zero-order valence-corrected chi connectivity index (χ0v) is 14.7. The summed E-state index contributed by atoms with van der Waals surface area (Å²) >= 11 is 0. The van der Waals surface area contributed by atoms with Crippen molar-refractivity contribution < 1.29 is 27.6 Å². The largest absolute Gasteiger partial charge is 0.480 e. The number of carbonyl (C=O) groups is 1. The van der Waals surface area contributed by atoms with Crippen molar-refractivity contribution in [2.24, 2.45) is 0 Å². The van der Waals surface area contributed by atoms with Gasteiger partial charge in [0.1, 0.15) is 0 Å². The first kappa shape index (κ1) is 19.3. The minimum atomic E-state index is -1.54. The zero-order valence-electron chi connectivity index (χ0n) is 14.7. The molecule has 2 heterocycles. The van der Waals surface area contributed by atoms with Gasteiger partial charge in [0.05, 0.1) is 13.1 Å². The molecule has 1 N–H and O–H groups in total. The summed E-state index contributed by atoms with van der Waals surface area (Å²) in [5.41, 5.74) is -0.00426. The van der Waals surface area contributed by atoms with Crippen molar-refractivity contribution in [1.82, 2.24) is 19.9 Å².